The molecule has 1 heterocycles. The maximum atomic E-state index is 12.4. The van der Waals surface area contributed by atoms with Gasteiger partial charge in [-0.1, -0.05) is 0 Å². The van der Waals surface area contributed by atoms with Crippen LogP contribution in [-0.2, 0) is 11.8 Å². The number of benzene rings is 2. The standard InChI is InChI=1S/C21H21NO5/c1-5-26-21(24)19-13(2)22(3)18-11-10-16(12-17(18)19)27-20(23)14-6-8-15(25-4)9-7-14/h6-12H,5H2,1-4H3. The van der Waals surface area contributed by atoms with Crippen LogP contribution >= 0.6 is 0 Å². The molecule has 0 aliphatic heterocycles. The van der Waals surface area contributed by atoms with Crippen LogP contribution in [-0.4, -0.2) is 30.2 Å². The van der Waals surface area contributed by atoms with Gasteiger partial charge >= 0.3 is 11.9 Å². The van der Waals surface area contributed by atoms with Gasteiger partial charge in [0.1, 0.15) is 11.5 Å². The number of fused-ring (bicyclic) bond motifs is 1. The second-order valence-electron chi connectivity index (χ2n) is 6.04. The monoisotopic (exact) mass is 367 g/mol. The molecule has 140 valence electrons. The number of aromatic nitrogens is 1. The van der Waals surface area contributed by atoms with Crippen molar-refractivity contribution in [1.82, 2.24) is 4.57 Å². The van der Waals surface area contributed by atoms with E-state index in [0.717, 1.165) is 11.2 Å². The van der Waals surface area contributed by atoms with Crippen molar-refractivity contribution in [2.75, 3.05) is 13.7 Å². The highest BCUT2D eigenvalue weighted by molar-refractivity contribution is 6.06. The van der Waals surface area contributed by atoms with E-state index in [1.54, 1.807) is 50.4 Å². The lowest BCUT2D eigenvalue weighted by atomic mass is 10.1. The third-order valence-corrected chi connectivity index (χ3v) is 4.48. The smallest absolute Gasteiger partial charge is 0.343 e. The van der Waals surface area contributed by atoms with Gasteiger partial charge in [0.05, 0.1) is 24.8 Å². The number of hydrogen-bond donors (Lipinski definition) is 0. The summed E-state index contributed by atoms with van der Waals surface area (Å²) < 4.78 is 17.7. The van der Waals surface area contributed by atoms with Gasteiger partial charge in [0.2, 0.25) is 0 Å². The molecule has 0 saturated heterocycles. The molecule has 0 bridgehead atoms. The molecule has 0 amide bonds. The van der Waals surface area contributed by atoms with Gasteiger partial charge < -0.3 is 18.8 Å². The Balaban J connectivity index is 1.94. The first-order chi connectivity index (χ1) is 13.0. The zero-order valence-electron chi connectivity index (χ0n) is 15.7. The fraction of sp³-hybridized carbons (Fsp3) is 0.238. The Labute approximate surface area is 157 Å². The predicted molar refractivity (Wildman–Crippen MR) is 102 cm³/mol. The molecule has 0 aliphatic rings. The molecule has 3 aromatic rings. The zero-order valence-corrected chi connectivity index (χ0v) is 15.7. The van der Waals surface area contributed by atoms with Gasteiger partial charge in [-0.2, -0.15) is 0 Å². The predicted octanol–water partition coefficient (Wildman–Crippen LogP) is 3.89. The molecule has 2 aromatic carbocycles. The zero-order chi connectivity index (χ0) is 19.6. The average molecular weight is 367 g/mol. The molecular weight excluding hydrogens is 346 g/mol. The Kier molecular flexibility index (Phi) is 5.16. The van der Waals surface area contributed by atoms with Gasteiger partial charge in [0.15, 0.2) is 0 Å². The van der Waals surface area contributed by atoms with Crippen LogP contribution in [0.15, 0.2) is 42.5 Å². The number of carbonyl (C=O) groups excluding carboxylic acids is 2. The highest BCUT2D eigenvalue weighted by Gasteiger charge is 2.20. The first-order valence-electron chi connectivity index (χ1n) is 8.58. The van der Waals surface area contributed by atoms with Crippen molar-refractivity contribution in [3.63, 3.8) is 0 Å². The van der Waals surface area contributed by atoms with Crippen LogP contribution in [0.25, 0.3) is 10.9 Å². The molecule has 0 spiro atoms. The van der Waals surface area contributed by atoms with E-state index in [-0.39, 0.29) is 5.97 Å². The molecule has 0 radical (unpaired) electrons. The van der Waals surface area contributed by atoms with Crippen molar-refractivity contribution in [1.29, 1.82) is 0 Å². The number of methoxy groups -OCH3 is 1. The second kappa shape index (κ2) is 7.53. The fourth-order valence-corrected chi connectivity index (χ4v) is 2.97. The highest BCUT2D eigenvalue weighted by Crippen LogP contribution is 2.29. The van der Waals surface area contributed by atoms with Crippen LogP contribution in [0.4, 0.5) is 0 Å². The summed E-state index contributed by atoms with van der Waals surface area (Å²) in [7, 11) is 3.44. The number of carbonyl (C=O) groups is 2. The van der Waals surface area contributed by atoms with E-state index in [1.807, 2.05) is 24.6 Å². The molecule has 0 atom stereocenters. The van der Waals surface area contributed by atoms with E-state index in [0.29, 0.717) is 34.6 Å². The van der Waals surface area contributed by atoms with Gasteiger partial charge in [0, 0.05) is 23.6 Å². The Hall–Kier alpha value is -3.28. The highest BCUT2D eigenvalue weighted by atomic mass is 16.5. The molecule has 0 saturated carbocycles. The van der Waals surface area contributed by atoms with E-state index in [2.05, 4.69) is 0 Å². The Bertz CT molecular complexity index is 1000. The molecule has 27 heavy (non-hydrogen) atoms. The van der Waals surface area contributed by atoms with Crippen LogP contribution in [0, 0.1) is 6.92 Å². The van der Waals surface area contributed by atoms with Gasteiger partial charge in [-0.15, -0.1) is 0 Å². The summed E-state index contributed by atoms with van der Waals surface area (Å²) in [6.45, 7) is 3.91. The molecule has 0 N–H and O–H groups in total. The van der Waals surface area contributed by atoms with Crippen LogP contribution in [0.3, 0.4) is 0 Å². The lowest BCUT2D eigenvalue weighted by molar-refractivity contribution is 0.0527. The topological polar surface area (TPSA) is 66.8 Å². The van der Waals surface area contributed by atoms with Crippen molar-refractivity contribution in [3.05, 3.63) is 59.3 Å². The largest absolute Gasteiger partial charge is 0.497 e. The normalized spacial score (nSPS) is 10.7. The average Bonchev–Trinajstić information content (AvgIpc) is 2.92. The van der Waals surface area contributed by atoms with Gasteiger partial charge in [0.25, 0.3) is 0 Å². The molecule has 3 rings (SSSR count). The van der Waals surface area contributed by atoms with Gasteiger partial charge in [-0.05, 0) is 56.3 Å². The molecular formula is C21H21NO5. The van der Waals surface area contributed by atoms with E-state index >= 15 is 0 Å². The molecule has 1 aromatic heterocycles. The van der Waals surface area contributed by atoms with Gasteiger partial charge in [-0.25, -0.2) is 9.59 Å². The number of hydrogen-bond acceptors (Lipinski definition) is 5. The minimum absolute atomic E-state index is 0.292. The summed E-state index contributed by atoms with van der Waals surface area (Å²) in [5.74, 6) is 0.146. The summed E-state index contributed by atoms with van der Waals surface area (Å²) in [5.41, 5.74) is 2.55. The van der Waals surface area contributed by atoms with E-state index in [9.17, 15) is 9.59 Å². The Morgan fingerprint density at radius 3 is 2.30 bits per heavy atom. The lowest BCUT2D eigenvalue weighted by Gasteiger charge is -2.06. The number of nitrogens with zero attached hydrogens (tertiary/aromatic N) is 1. The molecule has 6 heteroatoms. The third-order valence-electron chi connectivity index (χ3n) is 4.48. The molecule has 6 nitrogen and oxygen atoms in total. The third kappa shape index (κ3) is 3.51. The number of aryl methyl sites for hydroxylation is 1. The summed E-state index contributed by atoms with van der Waals surface area (Å²) in [6.07, 6.45) is 0. The van der Waals surface area contributed by atoms with Crippen LogP contribution in [0.1, 0.15) is 33.3 Å². The van der Waals surface area contributed by atoms with Crippen LogP contribution in [0.2, 0.25) is 0 Å². The quantitative estimate of drug-likeness (QED) is 0.506. The van der Waals surface area contributed by atoms with Crippen molar-refractivity contribution in [2.24, 2.45) is 7.05 Å². The summed E-state index contributed by atoms with van der Waals surface area (Å²) in [5, 5.41) is 0.688. The molecule has 0 aliphatic carbocycles. The van der Waals surface area contributed by atoms with Crippen molar-refractivity contribution >= 4 is 22.8 Å². The molecule has 0 unspecified atom stereocenters. The van der Waals surface area contributed by atoms with E-state index in [1.165, 1.54) is 0 Å². The maximum Gasteiger partial charge on any atom is 0.343 e. The van der Waals surface area contributed by atoms with E-state index in [4.69, 9.17) is 14.2 Å². The SMILES string of the molecule is CCOC(=O)c1c(C)n(C)c2ccc(OC(=O)c3ccc(OC)cc3)cc12. The fourth-order valence-electron chi connectivity index (χ4n) is 2.97. The Morgan fingerprint density at radius 1 is 1.00 bits per heavy atom. The maximum absolute atomic E-state index is 12.4. The molecule has 0 fully saturated rings. The second-order valence-corrected chi connectivity index (χ2v) is 6.04. The summed E-state index contributed by atoms with van der Waals surface area (Å²) in [4.78, 5) is 24.7. The number of rotatable bonds is 5. The first-order valence-corrected chi connectivity index (χ1v) is 8.58. The van der Waals surface area contributed by atoms with Crippen LogP contribution in [0.5, 0.6) is 11.5 Å². The van der Waals surface area contributed by atoms with E-state index < -0.39 is 5.97 Å². The number of esters is 2. The van der Waals surface area contributed by atoms with Crippen molar-refractivity contribution in [2.45, 2.75) is 13.8 Å². The Morgan fingerprint density at radius 2 is 1.67 bits per heavy atom. The van der Waals surface area contributed by atoms with Crippen molar-refractivity contribution < 1.29 is 23.8 Å². The van der Waals surface area contributed by atoms with Gasteiger partial charge in [-0.3, -0.25) is 0 Å². The summed E-state index contributed by atoms with van der Waals surface area (Å²) in [6, 6.07) is 11.9. The number of ether oxygens (including phenoxy) is 3. The van der Waals surface area contributed by atoms with Crippen molar-refractivity contribution in [3.8, 4) is 11.5 Å². The van der Waals surface area contributed by atoms with Crippen LogP contribution < -0.4 is 9.47 Å². The first kappa shape index (κ1) is 18.5. The lowest BCUT2D eigenvalue weighted by Crippen LogP contribution is -2.08. The summed E-state index contributed by atoms with van der Waals surface area (Å²) >= 11 is 0. The minimum atomic E-state index is -0.484. The minimum Gasteiger partial charge on any atom is -0.497 e.